The molecule has 0 spiro atoms. The van der Waals surface area contributed by atoms with Gasteiger partial charge in [0.15, 0.2) is 0 Å². The highest BCUT2D eigenvalue weighted by Crippen LogP contribution is 2.44. The van der Waals surface area contributed by atoms with Gasteiger partial charge in [0.05, 0.1) is 0 Å². The monoisotopic (exact) mass is 415 g/mol. The maximum atomic E-state index is 12.3. The molecule has 0 unspecified atom stereocenters. The van der Waals surface area contributed by atoms with Gasteiger partial charge in [0.2, 0.25) is 17.2 Å². The lowest BCUT2D eigenvalue weighted by Gasteiger charge is -2.54. The molecule has 0 saturated carbocycles. The number of tetrazole rings is 1. The molecule has 1 aromatic heterocycles. The van der Waals surface area contributed by atoms with Crippen molar-refractivity contribution in [1.82, 2.24) is 30.4 Å². The number of carbonyl (C=O) groups is 4. The number of carboxylic acid groups (broad SMARTS) is 2. The van der Waals surface area contributed by atoms with E-state index in [4.69, 9.17) is 10.8 Å². The quantitative estimate of drug-likeness (QED) is 0.151. The highest BCUT2D eigenvalue weighted by Gasteiger charge is 2.62. The molecule has 5 N–H and O–H groups in total. The maximum Gasteiger partial charge on any atom is 0.352 e. The van der Waals surface area contributed by atoms with E-state index in [1.807, 2.05) is 0 Å². The number of aromatic nitrogens is 4. The molecule has 2 aliphatic rings. The average molecular weight is 415 g/mol. The Morgan fingerprint density at radius 1 is 1.48 bits per heavy atom. The summed E-state index contributed by atoms with van der Waals surface area (Å²) < 4.78 is 1.07. The molecular formula is C12H13N7O6S2. The molecule has 0 bridgehead atoms. The molecule has 3 rings (SSSR count). The molecule has 27 heavy (non-hydrogen) atoms. The van der Waals surface area contributed by atoms with E-state index in [1.165, 1.54) is 11.8 Å². The van der Waals surface area contributed by atoms with Crippen molar-refractivity contribution >= 4 is 47.8 Å². The van der Waals surface area contributed by atoms with Gasteiger partial charge in [-0.2, -0.15) is 0 Å². The van der Waals surface area contributed by atoms with Gasteiger partial charge in [-0.3, -0.25) is 25.0 Å². The number of nitrogens with two attached hydrogens (primary N) is 1. The number of amides is 2. The number of nitrogens with zero attached hydrogens (tertiary/aromatic N) is 5. The number of nitrogens with one attached hydrogen (secondary N) is 1. The Kier molecular flexibility index (Phi) is 5.07. The second-order valence-corrected chi connectivity index (χ2v) is 7.54. The van der Waals surface area contributed by atoms with Gasteiger partial charge in [-0.1, -0.05) is 11.8 Å². The molecule has 1 saturated heterocycles. The number of hydrogen-bond donors (Lipinski definition) is 4. The van der Waals surface area contributed by atoms with E-state index >= 15 is 0 Å². The third kappa shape index (κ3) is 3.24. The first-order valence-corrected chi connectivity index (χ1v) is 9.34. The molecule has 2 atom stereocenters. The molecule has 1 aromatic rings. The standard InChI is InChI=1S/C12H13N7O6S2/c13-12(14-4-20)9(25)19-7(8(23)24)5(2-26-10(12)19)3-27-11-15-16-17-18(11)1-6(21)22/h4,10H,1-3,13H2,(H,14,20)(H,21,22)(H,23,24)/t10-,12+/m1/s1. The third-order valence-electron chi connectivity index (χ3n) is 3.85. The molecule has 144 valence electrons. The zero-order valence-electron chi connectivity index (χ0n) is 13.4. The van der Waals surface area contributed by atoms with Crippen LogP contribution in [0.3, 0.4) is 0 Å². The van der Waals surface area contributed by atoms with Crippen LogP contribution in [-0.4, -0.2) is 82.1 Å². The van der Waals surface area contributed by atoms with Crippen molar-refractivity contribution in [2.45, 2.75) is 22.7 Å². The minimum Gasteiger partial charge on any atom is -0.480 e. The smallest absolute Gasteiger partial charge is 0.352 e. The van der Waals surface area contributed by atoms with E-state index < -0.39 is 35.4 Å². The van der Waals surface area contributed by atoms with Gasteiger partial charge in [-0.25, -0.2) is 9.48 Å². The number of carboxylic acids is 2. The summed E-state index contributed by atoms with van der Waals surface area (Å²) >= 11 is 2.27. The fourth-order valence-electron chi connectivity index (χ4n) is 2.67. The largest absolute Gasteiger partial charge is 0.480 e. The zero-order valence-corrected chi connectivity index (χ0v) is 15.1. The first-order valence-electron chi connectivity index (χ1n) is 7.31. The van der Waals surface area contributed by atoms with Crippen molar-refractivity contribution in [3.63, 3.8) is 0 Å². The van der Waals surface area contributed by atoms with Crippen molar-refractivity contribution in [2.75, 3.05) is 11.5 Å². The summed E-state index contributed by atoms with van der Waals surface area (Å²) in [5, 5.41) is 30.8. The van der Waals surface area contributed by atoms with E-state index in [-0.39, 0.29) is 22.4 Å². The van der Waals surface area contributed by atoms with E-state index in [0.29, 0.717) is 12.0 Å². The van der Waals surface area contributed by atoms with Crippen molar-refractivity contribution in [3.8, 4) is 0 Å². The topological polar surface area (TPSA) is 194 Å². The van der Waals surface area contributed by atoms with Crippen molar-refractivity contribution < 1.29 is 29.4 Å². The Morgan fingerprint density at radius 2 is 2.22 bits per heavy atom. The summed E-state index contributed by atoms with van der Waals surface area (Å²) in [5.41, 5.74) is 4.46. The Hall–Kier alpha value is -2.65. The maximum absolute atomic E-state index is 12.3. The molecular weight excluding hydrogens is 402 g/mol. The normalized spacial score (nSPS) is 24.3. The molecule has 13 nitrogen and oxygen atoms in total. The summed E-state index contributed by atoms with van der Waals surface area (Å²) in [6.07, 6.45) is 0.299. The average Bonchev–Trinajstić information content (AvgIpc) is 3.04. The first-order chi connectivity index (χ1) is 12.8. The van der Waals surface area contributed by atoms with Gasteiger partial charge in [0, 0.05) is 11.5 Å². The second kappa shape index (κ2) is 7.16. The highest BCUT2D eigenvalue weighted by atomic mass is 32.2. The van der Waals surface area contributed by atoms with Crippen LogP contribution in [0.5, 0.6) is 0 Å². The summed E-state index contributed by atoms with van der Waals surface area (Å²) in [6, 6.07) is 0. The molecule has 3 heterocycles. The Bertz CT molecular complexity index is 857. The molecule has 0 aliphatic carbocycles. The molecule has 2 aliphatic heterocycles. The fraction of sp³-hybridized carbons (Fsp3) is 0.417. The predicted molar refractivity (Wildman–Crippen MR) is 90.0 cm³/mol. The number of aliphatic carboxylic acids is 2. The lowest BCUT2D eigenvalue weighted by atomic mass is 9.97. The number of hydrogen-bond acceptors (Lipinski definition) is 10. The van der Waals surface area contributed by atoms with E-state index in [0.717, 1.165) is 21.3 Å². The van der Waals surface area contributed by atoms with Crippen LogP contribution in [0, 0.1) is 0 Å². The van der Waals surface area contributed by atoms with Gasteiger partial charge < -0.3 is 15.5 Å². The van der Waals surface area contributed by atoms with Gasteiger partial charge in [0.25, 0.3) is 5.91 Å². The van der Waals surface area contributed by atoms with Crippen LogP contribution in [-0.2, 0) is 25.7 Å². The van der Waals surface area contributed by atoms with E-state index in [1.54, 1.807) is 0 Å². The van der Waals surface area contributed by atoms with Crippen LogP contribution in [0.15, 0.2) is 16.4 Å². The van der Waals surface area contributed by atoms with Crippen LogP contribution in [0.25, 0.3) is 0 Å². The van der Waals surface area contributed by atoms with Crippen LogP contribution in [0.4, 0.5) is 0 Å². The first kappa shape index (κ1) is 19.1. The van der Waals surface area contributed by atoms with Crippen molar-refractivity contribution in [2.24, 2.45) is 5.73 Å². The predicted octanol–water partition coefficient (Wildman–Crippen LogP) is -2.50. The molecule has 0 radical (unpaired) electrons. The van der Waals surface area contributed by atoms with Crippen LogP contribution in [0.1, 0.15) is 0 Å². The minimum atomic E-state index is -1.64. The van der Waals surface area contributed by atoms with Gasteiger partial charge in [-0.05, 0) is 16.0 Å². The summed E-state index contributed by atoms with van der Waals surface area (Å²) in [7, 11) is 0. The molecule has 0 aromatic carbocycles. The number of fused-ring (bicyclic) bond motifs is 1. The third-order valence-corrected chi connectivity index (χ3v) is 6.30. The molecule has 1 fully saturated rings. The van der Waals surface area contributed by atoms with Crippen molar-refractivity contribution in [3.05, 3.63) is 11.3 Å². The van der Waals surface area contributed by atoms with Gasteiger partial charge in [0.1, 0.15) is 17.6 Å². The lowest BCUT2D eigenvalue weighted by Crippen LogP contribution is -2.83. The fourth-order valence-corrected chi connectivity index (χ4v) is 5.06. The number of rotatable bonds is 8. The number of β-lactam (4-membered cyclic amide) rings is 1. The number of thioether (sulfide) groups is 2. The van der Waals surface area contributed by atoms with E-state index in [9.17, 15) is 24.3 Å². The summed E-state index contributed by atoms with van der Waals surface area (Å²) in [4.78, 5) is 46.6. The van der Waals surface area contributed by atoms with Crippen LogP contribution < -0.4 is 11.1 Å². The second-order valence-electron chi connectivity index (χ2n) is 5.53. The molecule has 15 heteroatoms. The summed E-state index contributed by atoms with van der Waals surface area (Å²) in [6.45, 7) is -0.436. The van der Waals surface area contributed by atoms with E-state index in [2.05, 4.69) is 20.8 Å². The Morgan fingerprint density at radius 3 is 2.85 bits per heavy atom. The van der Waals surface area contributed by atoms with Gasteiger partial charge >= 0.3 is 11.9 Å². The van der Waals surface area contributed by atoms with Gasteiger partial charge in [-0.15, -0.1) is 16.9 Å². The van der Waals surface area contributed by atoms with Crippen LogP contribution >= 0.6 is 23.5 Å². The SMILES string of the molecule is N[C@]1(NC=O)C(=O)N2C(C(=O)O)=C(CSc3nnnn3CC(=O)O)CS[C@@H]21. The summed E-state index contributed by atoms with van der Waals surface area (Å²) in [5.74, 6) is -2.77. The lowest BCUT2D eigenvalue weighted by molar-refractivity contribution is -0.157. The number of carbonyl (C=O) groups excluding carboxylic acids is 2. The molecule has 2 amide bonds. The van der Waals surface area contributed by atoms with Crippen molar-refractivity contribution in [1.29, 1.82) is 0 Å². The zero-order chi connectivity index (χ0) is 19.8. The van der Waals surface area contributed by atoms with Crippen LogP contribution in [0.2, 0.25) is 0 Å². The minimum absolute atomic E-state index is 0.129. The Balaban J connectivity index is 1.81. The highest BCUT2D eigenvalue weighted by molar-refractivity contribution is 8.01. The Labute approximate surface area is 159 Å².